The molecule has 1 unspecified atom stereocenters. The zero-order chi connectivity index (χ0) is 9.97. The van der Waals surface area contributed by atoms with E-state index in [-0.39, 0.29) is 12.6 Å². The first kappa shape index (κ1) is 8.97. The minimum atomic E-state index is -0.589. The molecule has 72 valence electrons. The molecule has 1 aromatic carbocycles. The molecule has 1 aliphatic heterocycles. The second-order valence-electron chi connectivity index (χ2n) is 3.06. The van der Waals surface area contributed by atoms with E-state index >= 15 is 0 Å². The molecule has 1 heterocycles. The Morgan fingerprint density at radius 3 is 2.64 bits per heavy atom. The zero-order valence-corrected chi connectivity index (χ0v) is 7.60. The number of hydrogen-bond donors (Lipinski definition) is 0. The first-order valence-electron chi connectivity index (χ1n) is 4.32. The predicted molar refractivity (Wildman–Crippen MR) is 50.4 cm³/mol. The maximum absolute atomic E-state index is 11.2. The summed E-state index contributed by atoms with van der Waals surface area (Å²) in [6.07, 6.45) is -0.589. The summed E-state index contributed by atoms with van der Waals surface area (Å²) in [4.78, 5) is 11.2. The van der Waals surface area contributed by atoms with E-state index < -0.39 is 6.29 Å². The van der Waals surface area contributed by atoms with Crippen LogP contribution < -0.4 is 0 Å². The number of carbonyl (C=O) groups is 1. The van der Waals surface area contributed by atoms with E-state index in [1.54, 1.807) is 0 Å². The second kappa shape index (κ2) is 3.64. The molecule has 1 aromatic rings. The number of carbonyl (C=O) groups excluding carboxylic acids is 1. The highest BCUT2D eigenvalue weighted by molar-refractivity contribution is 5.88. The van der Waals surface area contributed by atoms with Gasteiger partial charge >= 0.3 is 5.97 Å². The van der Waals surface area contributed by atoms with Gasteiger partial charge in [-0.1, -0.05) is 36.9 Å². The lowest BCUT2D eigenvalue weighted by Gasteiger charge is -2.23. The summed E-state index contributed by atoms with van der Waals surface area (Å²) in [6, 6.07) is 9.34. The van der Waals surface area contributed by atoms with Gasteiger partial charge in [-0.05, 0) is 0 Å². The van der Waals surface area contributed by atoms with Crippen LogP contribution in [-0.2, 0) is 14.3 Å². The van der Waals surface area contributed by atoms with Crippen LogP contribution in [0.5, 0.6) is 0 Å². The standard InChI is InChI=1S/C11H10O3/c1-8-7-13-11(14-10(8)12)9-5-3-2-4-6-9/h2-6,11H,1,7H2. The molecule has 1 fully saturated rings. The summed E-state index contributed by atoms with van der Waals surface area (Å²) >= 11 is 0. The fourth-order valence-corrected chi connectivity index (χ4v) is 1.22. The third kappa shape index (κ3) is 1.67. The van der Waals surface area contributed by atoms with Crippen molar-refractivity contribution in [1.29, 1.82) is 0 Å². The lowest BCUT2D eigenvalue weighted by atomic mass is 10.2. The normalized spacial score (nSPS) is 21.9. The van der Waals surface area contributed by atoms with Crippen molar-refractivity contribution in [2.75, 3.05) is 6.61 Å². The number of hydrogen-bond acceptors (Lipinski definition) is 3. The predicted octanol–water partition coefficient (Wildman–Crippen LogP) is 1.81. The van der Waals surface area contributed by atoms with E-state index in [0.29, 0.717) is 5.57 Å². The molecule has 1 atom stereocenters. The van der Waals surface area contributed by atoms with Gasteiger partial charge in [-0.3, -0.25) is 0 Å². The molecule has 1 aliphatic rings. The van der Waals surface area contributed by atoms with Gasteiger partial charge in [0.2, 0.25) is 6.29 Å². The van der Waals surface area contributed by atoms with Gasteiger partial charge in [0, 0.05) is 5.56 Å². The van der Waals surface area contributed by atoms with Crippen LogP contribution in [0.15, 0.2) is 42.5 Å². The van der Waals surface area contributed by atoms with E-state index in [0.717, 1.165) is 5.56 Å². The number of rotatable bonds is 1. The van der Waals surface area contributed by atoms with Gasteiger partial charge in [-0.2, -0.15) is 0 Å². The van der Waals surface area contributed by atoms with Crippen molar-refractivity contribution in [2.24, 2.45) is 0 Å². The van der Waals surface area contributed by atoms with Gasteiger partial charge in [-0.25, -0.2) is 4.79 Å². The number of ether oxygens (including phenoxy) is 2. The quantitative estimate of drug-likeness (QED) is 0.500. The number of benzene rings is 1. The molecule has 0 radical (unpaired) electrons. The second-order valence-corrected chi connectivity index (χ2v) is 3.06. The summed E-state index contributed by atoms with van der Waals surface area (Å²) in [5.41, 5.74) is 1.20. The van der Waals surface area contributed by atoms with Crippen LogP contribution in [-0.4, -0.2) is 12.6 Å². The van der Waals surface area contributed by atoms with Crippen LogP contribution in [0, 0.1) is 0 Å². The van der Waals surface area contributed by atoms with Crippen molar-refractivity contribution < 1.29 is 14.3 Å². The van der Waals surface area contributed by atoms with Crippen LogP contribution in [0.1, 0.15) is 11.9 Å². The topological polar surface area (TPSA) is 35.5 Å². The highest BCUT2D eigenvalue weighted by Crippen LogP contribution is 2.24. The van der Waals surface area contributed by atoms with Gasteiger partial charge in [0.05, 0.1) is 12.2 Å². The Morgan fingerprint density at radius 1 is 1.29 bits per heavy atom. The summed E-state index contributed by atoms with van der Waals surface area (Å²) in [5, 5.41) is 0. The fraction of sp³-hybridized carbons (Fsp3) is 0.182. The SMILES string of the molecule is C=C1COC(c2ccccc2)OC1=O. The molecular weight excluding hydrogens is 180 g/mol. The Labute approximate surface area is 81.9 Å². The zero-order valence-electron chi connectivity index (χ0n) is 7.60. The van der Waals surface area contributed by atoms with E-state index in [4.69, 9.17) is 9.47 Å². The van der Waals surface area contributed by atoms with Gasteiger partial charge in [0.25, 0.3) is 0 Å². The Bertz CT molecular complexity index is 356. The minimum Gasteiger partial charge on any atom is -0.428 e. The van der Waals surface area contributed by atoms with Crippen molar-refractivity contribution in [3.05, 3.63) is 48.0 Å². The molecule has 0 amide bonds. The molecule has 0 aliphatic carbocycles. The maximum atomic E-state index is 11.2. The average molecular weight is 190 g/mol. The van der Waals surface area contributed by atoms with E-state index in [2.05, 4.69) is 6.58 Å². The summed E-state index contributed by atoms with van der Waals surface area (Å²) in [7, 11) is 0. The Kier molecular flexibility index (Phi) is 2.33. The molecule has 1 saturated heterocycles. The van der Waals surface area contributed by atoms with Gasteiger partial charge < -0.3 is 9.47 Å². The van der Waals surface area contributed by atoms with Crippen molar-refractivity contribution in [3.63, 3.8) is 0 Å². The third-order valence-electron chi connectivity index (χ3n) is 1.98. The lowest BCUT2D eigenvalue weighted by Crippen LogP contribution is -2.24. The largest absolute Gasteiger partial charge is 0.428 e. The molecule has 14 heavy (non-hydrogen) atoms. The third-order valence-corrected chi connectivity index (χ3v) is 1.98. The molecular formula is C11H10O3. The summed E-state index contributed by atoms with van der Waals surface area (Å²) in [6.45, 7) is 3.76. The van der Waals surface area contributed by atoms with E-state index in [1.807, 2.05) is 30.3 Å². The van der Waals surface area contributed by atoms with Crippen LogP contribution in [0.3, 0.4) is 0 Å². The highest BCUT2D eigenvalue weighted by Gasteiger charge is 2.24. The van der Waals surface area contributed by atoms with E-state index in [9.17, 15) is 4.79 Å². The average Bonchev–Trinajstić information content (AvgIpc) is 2.23. The molecule has 3 nitrogen and oxygen atoms in total. The number of cyclic esters (lactones) is 1. The highest BCUT2D eigenvalue weighted by atomic mass is 16.7. The molecule has 0 aromatic heterocycles. The molecule has 0 saturated carbocycles. The Balaban J connectivity index is 2.14. The van der Waals surface area contributed by atoms with Crippen LogP contribution in [0.25, 0.3) is 0 Å². The Morgan fingerprint density at radius 2 is 2.00 bits per heavy atom. The first-order chi connectivity index (χ1) is 6.77. The fourth-order valence-electron chi connectivity index (χ4n) is 1.22. The molecule has 0 spiro atoms. The van der Waals surface area contributed by atoms with Crippen LogP contribution in [0.4, 0.5) is 0 Å². The molecule has 0 N–H and O–H groups in total. The van der Waals surface area contributed by atoms with Crippen molar-refractivity contribution in [1.82, 2.24) is 0 Å². The minimum absolute atomic E-state index is 0.235. The summed E-state index contributed by atoms with van der Waals surface area (Å²) < 4.78 is 10.3. The molecule has 2 rings (SSSR count). The van der Waals surface area contributed by atoms with Crippen LogP contribution >= 0.6 is 0 Å². The van der Waals surface area contributed by atoms with Gasteiger partial charge in [0.15, 0.2) is 0 Å². The monoisotopic (exact) mass is 190 g/mol. The maximum Gasteiger partial charge on any atom is 0.338 e. The van der Waals surface area contributed by atoms with Crippen LogP contribution in [0.2, 0.25) is 0 Å². The first-order valence-corrected chi connectivity index (χ1v) is 4.32. The van der Waals surface area contributed by atoms with Crippen molar-refractivity contribution >= 4 is 5.97 Å². The molecule has 0 bridgehead atoms. The number of esters is 1. The van der Waals surface area contributed by atoms with Crippen molar-refractivity contribution in [2.45, 2.75) is 6.29 Å². The van der Waals surface area contributed by atoms with Crippen molar-refractivity contribution in [3.8, 4) is 0 Å². The smallest absolute Gasteiger partial charge is 0.338 e. The van der Waals surface area contributed by atoms with Gasteiger partial charge in [-0.15, -0.1) is 0 Å². The van der Waals surface area contributed by atoms with E-state index in [1.165, 1.54) is 0 Å². The summed E-state index contributed by atoms with van der Waals surface area (Å²) in [5.74, 6) is -0.384. The lowest BCUT2D eigenvalue weighted by molar-refractivity contribution is -0.187. The molecule has 3 heteroatoms. The Hall–Kier alpha value is -1.61. The van der Waals surface area contributed by atoms with Gasteiger partial charge in [0.1, 0.15) is 0 Å².